The number of H-pyrrole nitrogens is 1. The molecule has 5 rings (SSSR count). The number of hydrogen-bond acceptors (Lipinski definition) is 3. The van der Waals surface area contributed by atoms with Crippen LogP contribution in [-0.2, 0) is 0 Å². The van der Waals surface area contributed by atoms with Crippen LogP contribution < -0.4 is 5.69 Å². The van der Waals surface area contributed by atoms with Gasteiger partial charge in [0.1, 0.15) is 5.82 Å². The second-order valence-electron chi connectivity index (χ2n) is 7.22. The molecule has 0 aliphatic carbocycles. The van der Waals surface area contributed by atoms with Gasteiger partial charge in [0, 0.05) is 11.1 Å². The topological polar surface area (TPSA) is 58.6 Å². The molecular weight excluding hydrogens is 382 g/mol. The number of aromatic amines is 1. The molecule has 0 saturated heterocycles. The molecule has 1 heterocycles. The third kappa shape index (κ3) is 4.05. The van der Waals surface area contributed by atoms with Crippen LogP contribution in [-0.4, -0.2) is 15.0 Å². The van der Waals surface area contributed by atoms with Crippen LogP contribution in [0.5, 0.6) is 0 Å². The summed E-state index contributed by atoms with van der Waals surface area (Å²) in [6.07, 6.45) is 0. The first-order valence-corrected chi connectivity index (χ1v) is 10.1. The Balaban J connectivity index is 1.56. The molecule has 0 atom stereocenters. The lowest BCUT2D eigenvalue weighted by Crippen LogP contribution is -2.14. The van der Waals surface area contributed by atoms with E-state index in [9.17, 15) is 4.79 Å². The van der Waals surface area contributed by atoms with Gasteiger partial charge < -0.3 is 0 Å². The first-order chi connectivity index (χ1) is 15.3. The van der Waals surface area contributed by atoms with E-state index in [4.69, 9.17) is 0 Å². The highest BCUT2D eigenvalue weighted by molar-refractivity contribution is 5.72. The fourth-order valence-electron chi connectivity index (χ4n) is 3.60. The molecule has 1 aromatic heterocycles. The van der Waals surface area contributed by atoms with Gasteiger partial charge in [0.05, 0.1) is 0 Å². The normalized spacial score (nSPS) is 10.7. The minimum atomic E-state index is -0.421. The molecule has 0 amide bonds. The van der Waals surface area contributed by atoms with Crippen molar-refractivity contribution in [3.8, 4) is 45.0 Å². The second-order valence-corrected chi connectivity index (χ2v) is 7.22. The Bertz CT molecular complexity index is 1290. The Morgan fingerprint density at radius 2 is 0.968 bits per heavy atom. The summed E-state index contributed by atoms with van der Waals surface area (Å²) in [6, 6.07) is 36.1. The van der Waals surface area contributed by atoms with Gasteiger partial charge in [-0.15, -0.1) is 0 Å². The minimum Gasteiger partial charge on any atom is -0.290 e. The third-order valence-corrected chi connectivity index (χ3v) is 5.12. The third-order valence-electron chi connectivity index (χ3n) is 5.12. The highest BCUT2D eigenvalue weighted by Gasteiger charge is 2.10. The number of aromatic nitrogens is 3. The lowest BCUT2D eigenvalue weighted by Gasteiger charge is -2.08. The highest BCUT2D eigenvalue weighted by Crippen LogP contribution is 2.27. The smallest absolute Gasteiger partial charge is 0.290 e. The molecule has 4 nitrogen and oxygen atoms in total. The van der Waals surface area contributed by atoms with Crippen molar-refractivity contribution >= 4 is 0 Å². The molecule has 0 fully saturated rings. The number of benzene rings is 4. The summed E-state index contributed by atoms with van der Waals surface area (Å²) in [4.78, 5) is 23.9. The summed E-state index contributed by atoms with van der Waals surface area (Å²) in [5.74, 6) is 0.902. The Morgan fingerprint density at radius 1 is 0.484 bits per heavy atom. The van der Waals surface area contributed by atoms with Crippen LogP contribution in [0.3, 0.4) is 0 Å². The van der Waals surface area contributed by atoms with Crippen molar-refractivity contribution in [1.82, 2.24) is 15.0 Å². The zero-order valence-electron chi connectivity index (χ0n) is 16.7. The monoisotopic (exact) mass is 401 g/mol. The van der Waals surface area contributed by atoms with Gasteiger partial charge in [-0.3, -0.25) is 4.98 Å². The van der Waals surface area contributed by atoms with Crippen molar-refractivity contribution in [1.29, 1.82) is 0 Å². The van der Waals surface area contributed by atoms with Crippen molar-refractivity contribution in [3.63, 3.8) is 0 Å². The molecule has 0 spiro atoms. The Kier molecular flexibility index (Phi) is 4.95. The summed E-state index contributed by atoms with van der Waals surface area (Å²) in [7, 11) is 0. The SMILES string of the molecule is O=c1nc(-c2cccc(-c3ccccc3)c2)nc(-c2cccc(-c3ccccc3)c2)[nH]1. The standard InChI is InChI=1S/C27H19N3O/c31-27-29-25(23-15-7-13-21(17-23)19-9-3-1-4-10-19)28-26(30-27)24-16-8-14-22(18-24)20-11-5-2-6-12-20/h1-18H,(H,28,29,30,31). The first kappa shape index (κ1) is 18.7. The maximum Gasteiger partial charge on any atom is 0.348 e. The Labute approximate surface area is 179 Å². The number of rotatable bonds is 4. The van der Waals surface area contributed by atoms with E-state index in [1.807, 2.05) is 84.9 Å². The van der Waals surface area contributed by atoms with E-state index >= 15 is 0 Å². The molecule has 0 aliphatic rings. The maximum absolute atomic E-state index is 12.4. The summed E-state index contributed by atoms with van der Waals surface area (Å²) < 4.78 is 0. The largest absolute Gasteiger partial charge is 0.348 e. The van der Waals surface area contributed by atoms with Gasteiger partial charge in [0.15, 0.2) is 5.82 Å². The molecule has 148 valence electrons. The fourth-order valence-corrected chi connectivity index (χ4v) is 3.60. The Morgan fingerprint density at radius 3 is 1.58 bits per heavy atom. The molecule has 0 radical (unpaired) electrons. The first-order valence-electron chi connectivity index (χ1n) is 10.1. The van der Waals surface area contributed by atoms with Crippen molar-refractivity contribution in [2.45, 2.75) is 0 Å². The number of hydrogen-bond donors (Lipinski definition) is 1. The summed E-state index contributed by atoms with van der Waals surface area (Å²) in [6.45, 7) is 0. The van der Waals surface area contributed by atoms with E-state index in [0.717, 1.165) is 33.4 Å². The van der Waals surface area contributed by atoms with Crippen molar-refractivity contribution < 1.29 is 0 Å². The molecular formula is C27H19N3O. The molecule has 0 aliphatic heterocycles. The molecule has 1 N–H and O–H groups in total. The molecule has 4 heteroatoms. The van der Waals surface area contributed by atoms with E-state index < -0.39 is 5.69 Å². The Hall–Kier alpha value is -4.31. The van der Waals surface area contributed by atoms with E-state index in [0.29, 0.717) is 11.6 Å². The van der Waals surface area contributed by atoms with Gasteiger partial charge in [-0.05, 0) is 34.4 Å². The lowest BCUT2D eigenvalue weighted by molar-refractivity contribution is 1.00. The number of nitrogens with one attached hydrogen (secondary N) is 1. The van der Waals surface area contributed by atoms with Gasteiger partial charge in [-0.2, -0.15) is 4.98 Å². The van der Waals surface area contributed by atoms with Gasteiger partial charge in [-0.1, -0.05) is 97.1 Å². The van der Waals surface area contributed by atoms with Crippen LogP contribution in [0.15, 0.2) is 114 Å². The van der Waals surface area contributed by atoms with Gasteiger partial charge >= 0.3 is 5.69 Å². The van der Waals surface area contributed by atoms with Crippen molar-refractivity contribution in [2.24, 2.45) is 0 Å². The highest BCUT2D eigenvalue weighted by atomic mass is 16.1. The predicted octanol–water partition coefficient (Wildman–Crippen LogP) is 5.83. The fraction of sp³-hybridized carbons (Fsp3) is 0. The predicted molar refractivity (Wildman–Crippen MR) is 124 cm³/mol. The van der Waals surface area contributed by atoms with E-state index in [-0.39, 0.29) is 0 Å². The van der Waals surface area contributed by atoms with Crippen LogP contribution in [0.1, 0.15) is 0 Å². The average molecular weight is 401 g/mol. The van der Waals surface area contributed by atoms with Crippen LogP contribution in [0.2, 0.25) is 0 Å². The zero-order chi connectivity index (χ0) is 21.0. The molecule has 31 heavy (non-hydrogen) atoms. The molecule has 0 saturated carbocycles. The summed E-state index contributed by atoms with van der Waals surface area (Å²) in [5.41, 5.74) is 5.53. The number of nitrogens with zero attached hydrogens (tertiary/aromatic N) is 2. The van der Waals surface area contributed by atoms with Gasteiger partial charge in [0.25, 0.3) is 0 Å². The van der Waals surface area contributed by atoms with Crippen LogP contribution in [0, 0.1) is 0 Å². The van der Waals surface area contributed by atoms with Crippen LogP contribution >= 0.6 is 0 Å². The average Bonchev–Trinajstić information content (AvgIpc) is 2.85. The zero-order valence-corrected chi connectivity index (χ0v) is 16.7. The van der Waals surface area contributed by atoms with Crippen LogP contribution in [0.25, 0.3) is 45.0 Å². The molecule has 0 bridgehead atoms. The molecule has 0 unspecified atom stereocenters. The van der Waals surface area contributed by atoms with Gasteiger partial charge in [-0.25, -0.2) is 9.78 Å². The second kappa shape index (κ2) is 8.20. The molecule has 5 aromatic rings. The lowest BCUT2D eigenvalue weighted by atomic mass is 10.0. The molecule has 4 aromatic carbocycles. The summed E-state index contributed by atoms with van der Waals surface area (Å²) in [5, 5.41) is 0. The maximum atomic E-state index is 12.4. The van der Waals surface area contributed by atoms with E-state index in [1.165, 1.54) is 0 Å². The van der Waals surface area contributed by atoms with Gasteiger partial charge in [0.2, 0.25) is 0 Å². The quantitative estimate of drug-likeness (QED) is 0.412. The van der Waals surface area contributed by atoms with Crippen molar-refractivity contribution in [3.05, 3.63) is 120 Å². The minimum absolute atomic E-state index is 0.404. The van der Waals surface area contributed by atoms with E-state index in [1.54, 1.807) is 0 Å². The van der Waals surface area contributed by atoms with Crippen LogP contribution in [0.4, 0.5) is 0 Å². The van der Waals surface area contributed by atoms with Crippen molar-refractivity contribution in [2.75, 3.05) is 0 Å². The van der Waals surface area contributed by atoms with E-state index in [2.05, 4.69) is 39.2 Å². The summed E-state index contributed by atoms with van der Waals surface area (Å²) >= 11 is 0.